The highest BCUT2D eigenvalue weighted by molar-refractivity contribution is 6.27. The van der Waals surface area contributed by atoms with Gasteiger partial charge in [-0.3, -0.25) is 4.99 Å². The van der Waals surface area contributed by atoms with Gasteiger partial charge in [-0.15, -0.1) is 11.6 Å². The zero-order chi connectivity index (χ0) is 8.97. The van der Waals surface area contributed by atoms with Crippen LogP contribution in [0.2, 0.25) is 0 Å². The Morgan fingerprint density at radius 2 is 2.50 bits per heavy atom. The van der Waals surface area contributed by atoms with Crippen molar-refractivity contribution in [1.29, 1.82) is 0 Å². The van der Waals surface area contributed by atoms with E-state index < -0.39 is 0 Å². The molecule has 0 aromatic carbocycles. The second-order valence-corrected chi connectivity index (χ2v) is 3.58. The summed E-state index contributed by atoms with van der Waals surface area (Å²) < 4.78 is 0. The molecule has 0 spiro atoms. The summed E-state index contributed by atoms with van der Waals surface area (Å²) in [6.45, 7) is 2.18. The number of alkyl halides is 1. The fraction of sp³-hybridized carbons (Fsp3) is 0.875. The van der Waals surface area contributed by atoms with Crippen molar-refractivity contribution in [3.63, 3.8) is 0 Å². The molecule has 0 radical (unpaired) electrons. The topological polar surface area (TPSA) is 41.6 Å². The Balaban J connectivity index is 2.41. The number of likely N-dealkylation sites (tertiary alicyclic amines) is 1. The summed E-state index contributed by atoms with van der Waals surface area (Å²) in [6, 6.07) is 0.363. The van der Waals surface area contributed by atoms with Gasteiger partial charge in [0.05, 0.1) is 11.9 Å². The Hall–Kier alpha value is -0.280. The van der Waals surface area contributed by atoms with E-state index in [0.717, 1.165) is 13.0 Å². The number of hydrogen-bond acceptors (Lipinski definition) is 2. The molecule has 70 valence electrons. The molecule has 1 atom stereocenters. The number of halogens is 1. The smallest absolute Gasteiger partial charge is 0.109 e. The molecular weight excluding hydrogens is 174 g/mol. The van der Waals surface area contributed by atoms with E-state index in [1.165, 1.54) is 13.0 Å². The maximum atomic E-state index is 5.55. The molecule has 1 heterocycles. The van der Waals surface area contributed by atoms with Crippen LogP contribution >= 0.6 is 11.6 Å². The number of aliphatic imine (C=N–C) groups is 1. The normalized spacial score (nSPS) is 27.5. The molecule has 0 aliphatic carbocycles. The molecule has 1 aliphatic rings. The molecule has 0 aromatic rings. The van der Waals surface area contributed by atoms with Crippen molar-refractivity contribution in [2.45, 2.75) is 18.9 Å². The Morgan fingerprint density at radius 3 is 3.08 bits per heavy atom. The Kier molecular flexibility index (Phi) is 3.82. The fourth-order valence-corrected chi connectivity index (χ4v) is 1.58. The third-order valence-corrected chi connectivity index (χ3v) is 2.36. The van der Waals surface area contributed by atoms with E-state index in [4.69, 9.17) is 17.3 Å². The lowest BCUT2D eigenvalue weighted by atomic mass is 10.1. The summed E-state index contributed by atoms with van der Waals surface area (Å²) in [6.07, 6.45) is 2.35. The minimum atomic E-state index is 0.347. The molecular formula is C8H16ClN3. The number of rotatable bonds is 2. The van der Waals surface area contributed by atoms with Gasteiger partial charge in [-0.25, -0.2) is 0 Å². The van der Waals surface area contributed by atoms with E-state index in [9.17, 15) is 0 Å². The van der Waals surface area contributed by atoms with Gasteiger partial charge in [-0.05, 0) is 26.4 Å². The number of nitrogens with zero attached hydrogens (tertiary/aromatic N) is 2. The summed E-state index contributed by atoms with van der Waals surface area (Å²) in [5.41, 5.74) is 5.55. The summed E-state index contributed by atoms with van der Waals surface area (Å²) in [5.74, 6) is 0.914. The van der Waals surface area contributed by atoms with E-state index in [0.29, 0.717) is 17.8 Å². The van der Waals surface area contributed by atoms with Crippen molar-refractivity contribution < 1.29 is 0 Å². The lowest BCUT2D eigenvalue weighted by Crippen LogP contribution is -2.35. The van der Waals surface area contributed by atoms with E-state index in [-0.39, 0.29) is 0 Å². The van der Waals surface area contributed by atoms with Crippen molar-refractivity contribution in [2.75, 3.05) is 26.0 Å². The molecule has 0 amide bonds. The first-order valence-corrected chi connectivity index (χ1v) is 4.82. The third-order valence-electron chi connectivity index (χ3n) is 2.08. The van der Waals surface area contributed by atoms with Crippen molar-refractivity contribution in [3.8, 4) is 0 Å². The molecule has 2 N–H and O–H groups in total. The summed E-state index contributed by atoms with van der Waals surface area (Å²) in [7, 11) is 2.11. The van der Waals surface area contributed by atoms with Crippen LogP contribution in [-0.2, 0) is 0 Å². The number of amidine groups is 1. The minimum absolute atomic E-state index is 0.347. The zero-order valence-electron chi connectivity index (χ0n) is 7.46. The second-order valence-electron chi connectivity index (χ2n) is 3.31. The summed E-state index contributed by atoms with van der Waals surface area (Å²) >= 11 is 5.54. The van der Waals surface area contributed by atoms with Crippen LogP contribution in [0.15, 0.2) is 4.99 Å². The highest BCUT2D eigenvalue weighted by atomic mass is 35.5. The van der Waals surface area contributed by atoms with Gasteiger partial charge in [0.25, 0.3) is 0 Å². The van der Waals surface area contributed by atoms with Crippen LogP contribution in [0.4, 0.5) is 0 Å². The maximum absolute atomic E-state index is 5.55. The van der Waals surface area contributed by atoms with E-state index in [1.54, 1.807) is 0 Å². The van der Waals surface area contributed by atoms with Crippen LogP contribution in [0.25, 0.3) is 0 Å². The van der Waals surface area contributed by atoms with Crippen molar-refractivity contribution in [2.24, 2.45) is 10.7 Å². The monoisotopic (exact) mass is 189 g/mol. The highest BCUT2D eigenvalue weighted by Gasteiger charge is 2.15. The molecule has 0 aromatic heterocycles. The molecule has 4 heteroatoms. The van der Waals surface area contributed by atoms with Crippen LogP contribution in [0.1, 0.15) is 12.8 Å². The second kappa shape index (κ2) is 4.67. The predicted octanol–water partition coefficient (Wildman–Crippen LogP) is 0.677. The van der Waals surface area contributed by atoms with Crippen molar-refractivity contribution in [3.05, 3.63) is 0 Å². The summed E-state index contributed by atoms with van der Waals surface area (Å²) in [4.78, 5) is 6.60. The largest absolute Gasteiger partial charge is 0.386 e. The van der Waals surface area contributed by atoms with Gasteiger partial charge in [0, 0.05) is 6.54 Å². The standard InChI is InChI=1S/C8H16ClN3/c1-12-4-2-3-7(6-12)11-8(10)5-9/h7H,2-6H2,1H3,(H2,10,11)/t7-/m1/s1. The Morgan fingerprint density at radius 1 is 1.75 bits per heavy atom. The molecule has 0 saturated carbocycles. The van der Waals surface area contributed by atoms with Gasteiger partial charge < -0.3 is 10.6 Å². The Labute approximate surface area is 78.6 Å². The summed E-state index contributed by atoms with van der Waals surface area (Å²) in [5, 5.41) is 0. The number of likely N-dealkylation sites (N-methyl/N-ethyl adjacent to an activating group) is 1. The molecule has 1 fully saturated rings. The average molecular weight is 190 g/mol. The average Bonchev–Trinajstić information content (AvgIpc) is 2.04. The third kappa shape index (κ3) is 2.99. The first-order valence-electron chi connectivity index (χ1n) is 4.29. The van der Waals surface area contributed by atoms with E-state index in [1.807, 2.05) is 0 Å². The quantitative estimate of drug-likeness (QED) is 0.394. The van der Waals surface area contributed by atoms with Crippen LogP contribution in [-0.4, -0.2) is 42.8 Å². The van der Waals surface area contributed by atoms with Crippen molar-refractivity contribution >= 4 is 17.4 Å². The van der Waals surface area contributed by atoms with Crippen LogP contribution in [0.3, 0.4) is 0 Å². The molecule has 0 bridgehead atoms. The number of piperidine rings is 1. The molecule has 1 saturated heterocycles. The van der Waals surface area contributed by atoms with Gasteiger partial charge in [-0.2, -0.15) is 0 Å². The predicted molar refractivity (Wildman–Crippen MR) is 52.9 cm³/mol. The highest BCUT2D eigenvalue weighted by Crippen LogP contribution is 2.11. The van der Waals surface area contributed by atoms with Gasteiger partial charge in [-0.1, -0.05) is 0 Å². The molecule has 12 heavy (non-hydrogen) atoms. The molecule has 1 rings (SSSR count). The van der Waals surface area contributed by atoms with Gasteiger partial charge in [0.15, 0.2) is 0 Å². The Bertz CT molecular complexity index is 170. The van der Waals surface area contributed by atoms with Crippen LogP contribution in [0, 0.1) is 0 Å². The molecule has 1 aliphatic heterocycles. The number of nitrogens with two attached hydrogens (primary N) is 1. The maximum Gasteiger partial charge on any atom is 0.109 e. The lowest BCUT2D eigenvalue weighted by molar-refractivity contribution is 0.253. The minimum Gasteiger partial charge on any atom is -0.386 e. The van der Waals surface area contributed by atoms with Gasteiger partial charge in [0.1, 0.15) is 5.84 Å². The van der Waals surface area contributed by atoms with E-state index >= 15 is 0 Å². The van der Waals surface area contributed by atoms with Crippen LogP contribution < -0.4 is 5.73 Å². The van der Waals surface area contributed by atoms with Crippen molar-refractivity contribution in [1.82, 2.24) is 4.90 Å². The molecule has 3 nitrogen and oxygen atoms in total. The van der Waals surface area contributed by atoms with Gasteiger partial charge in [0.2, 0.25) is 0 Å². The first kappa shape index (κ1) is 9.81. The molecule has 0 unspecified atom stereocenters. The van der Waals surface area contributed by atoms with E-state index in [2.05, 4.69) is 16.9 Å². The fourth-order valence-electron chi connectivity index (χ4n) is 1.51. The SMILES string of the molecule is CN1CCC[C@@H](N=C(N)CCl)C1. The first-order chi connectivity index (χ1) is 5.72. The lowest BCUT2D eigenvalue weighted by Gasteiger charge is -2.27. The van der Waals surface area contributed by atoms with Crippen LogP contribution in [0.5, 0.6) is 0 Å². The zero-order valence-corrected chi connectivity index (χ0v) is 8.22. The van der Waals surface area contributed by atoms with Gasteiger partial charge >= 0.3 is 0 Å². The number of hydrogen-bond donors (Lipinski definition) is 1.